The Balaban J connectivity index is 1.45. The van der Waals surface area contributed by atoms with Crippen LogP contribution < -0.4 is 0 Å². The van der Waals surface area contributed by atoms with Crippen molar-refractivity contribution in [3.05, 3.63) is 11.6 Å². The molecule has 0 bridgehead atoms. The smallest absolute Gasteiger partial charge is 0.172 e. The Morgan fingerprint density at radius 3 is 2.60 bits per heavy atom. The standard InChI is InChI=1S/C22H31NO2/c1-20-8-7-19-17(18(20)6-4-16(20)14-23)5-3-15-13-22(24-11-12-25-22)10-9-21(15,19)2/h3,16-19H,4-13H2,1-2H3/t16?,17-,18-,19-,20+,21-/m0/s1. The molecule has 3 heteroatoms. The summed E-state index contributed by atoms with van der Waals surface area (Å²) in [6, 6.07) is 2.65. The molecule has 4 aliphatic carbocycles. The lowest BCUT2D eigenvalue weighted by atomic mass is 9.47. The van der Waals surface area contributed by atoms with Gasteiger partial charge in [0.15, 0.2) is 5.79 Å². The maximum absolute atomic E-state index is 9.63. The van der Waals surface area contributed by atoms with Gasteiger partial charge in [0.25, 0.3) is 0 Å². The van der Waals surface area contributed by atoms with Crippen LogP contribution in [-0.4, -0.2) is 19.0 Å². The van der Waals surface area contributed by atoms with Crippen LogP contribution in [0.4, 0.5) is 0 Å². The zero-order valence-corrected chi connectivity index (χ0v) is 15.7. The van der Waals surface area contributed by atoms with Gasteiger partial charge in [-0.25, -0.2) is 0 Å². The minimum Gasteiger partial charge on any atom is -0.347 e. The first-order valence-corrected chi connectivity index (χ1v) is 10.4. The molecule has 5 rings (SSSR count). The Morgan fingerprint density at radius 2 is 1.84 bits per heavy atom. The Morgan fingerprint density at radius 1 is 1.04 bits per heavy atom. The summed E-state index contributed by atoms with van der Waals surface area (Å²) >= 11 is 0. The molecule has 25 heavy (non-hydrogen) atoms. The molecule has 0 aromatic rings. The highest BCUT2D eigenvalue weighted by molar-refractivity contribution is 5.27. The van der Waals surface area contributed by atoms with E-state index >= 15 is 0 Å². The Bertz CT molecular complexity index is 643. The second-order valence-electron chi connectivity index (χ2n) is 9.85. The molecule has 3 nitrogen and oxygen atoms in total. The zero-order chi connectivity index (χ0) is 17.3. The molecule has 136 valence electrons. The summed E-state index contributed by atoms with van der Waals surface area (Å²) in [4.78, 5) is 0. The Hall–Kier alpha value is -0.850. The van der Waals surface area contributed by atoms with Crippen LogP contribution in [0.3, 0.4) is 0 Å². The molecule has 3 saturated carbocycles. The molecule has 1 saturated heterocycles. The first kappa shape index (κ1) is 16.3. The molecule has 1 aliphatic heterocycles. The fourth-order valence-corrected chi connectivity index (χ4v) is 7.56. The highest BCUT2D eigenvalue weighted by Crippen LogP contribution is 2.66. The lowest BCUT2D eigenvalue weighted by Crippen LogP contribution is -2.52. The second-order valence-corrected chi connectivity index (χ2v) is 9.85. The summed E-state index contributed by atoms with van der Waals surface area (Å²) in [6.45, 7) is 6.46. The van der Waals surface area contributed by atoms with E-state index in [1.54, 1.807) is 5.57 Å². The third kappa shape index (κ3) is 2.10. The lowest BCUT2D eigenvalue weighted by molar-refractivity contribution is -0.185. The molecular weight excluding hydrogens is 310 g/mol. The van der Waals surface area contributed by atoms with E-state index in [2.05, 4.69) is 26.0 Å². The van der Waals surface area contributed by atoms with Gasteiger partial charge in [0.1, 0.15) is 0 Å². The maximum Gasteiger partial charge on any atom is 0.172 e. The van der Waals surface area contributed by atoms with Crippen molar-refractivity contribution in [3.8, 4) is 6.07 Å². The number of hydrogen-bond donors (Lipinski definition) is 0. The average molecular weight is 341 g/mol. The van der Waals surface area contributed by atoms with Crippen LogP contribution in [-0.2, 0) is 9.47 Å². The summed E-state index contributed by atoms with van der Waals surface area (Å²) in [5.41, 5.74) is 2.21. The quantitative estimate of drug-likeness (QED) is 0.593. The van der Waals surface area contributed by atoms with Gasteiger partial charge in [-0.2, -0.15) is 5.26 Å². The van der Waals surface area contributed by atoms with Gasteiger partial charge in [-0.05, 0) is 67.1 Å². The SMILES string of the molecule is C[C@]12CCC3(CC1=CC[C@@H]1[C@@H]2CC[C@]2(C)C(C#N)CC[C@@H]12)OCCO3. The topological polar surface area (TPSA) is 42.2 Å². The predicted octanol–water partition coefficient (Wildman–Crippen LogP) is 4.83. The molecule has 1 spiro atoms. The van der Waals surface area contributed by atoms with Gasteiger partial charge < -0.3 is 9.47 Å². The molecule has 0 aromatic heterocycles. The molecule has 1 unspecified atom stereocenters. The van der Waals surface area contributed by atoms with Crippen LogP contribution in [0.2, 0.25) is 0 Å². The van der Waals surface area contributed by atoms with Gasteiger partial charge in [-0.1, -0.05) is 25.5 Å². The van der Waals surface area contributed by atoms with E-state index in [0.717, 1.165) is 50.2 Å². The van der Waals surface area contributed by atoms with E-state index in [0.29, 0.717) is 5.41 Å². The van der Waals surface area contributed by atoms with Crippen LogP contribution >= 0.6 is 0 Å². The van der Waals surface area contributed by atoms with Gasteiger partial charge in [-0.3, -0.25) is 0 Å². The fraction of sp³-hybridized carbons (Fsp3) is 0.864. The number of ether oxygens (including phenoxy) is 2. The van der Waals surface area contributed by atoms with Crippen molar-refractivity contribution < 1.29 is 9.47 Å². The van der Waals surface area contributed by atoms with Gasteiger partial charge in [0.2, 0.25) is 0 Å². The van der Waals surface area contributed by atoms with Crippen LogP contribution in [0.1, 0.15) is 65.2 Å². The van der Waals surface area contributed by atoms with Crippen LogP contribution in [0.25, 0.3) is 0 Å². The van der Waals surface area contributed by atoms with Crippen molar-refractivity contribution >= 4 is 0 Å². The Labute approximate surface area is 151 Å². The maximum atomic E-state index is 9.63. The third-order valence-electron chi connectivity index (χ3n) is 9.08. The largest absolute Gasteiger partial charge is 0.347 e. The lowest BCUT2D eigenvalue weighted by Gasteiger charge is -2.58. The van der Waals surface area contributed by atoms with E-state index in [4.69, 9.17) is 9.47 Å². The zero-order valence-electron chi connectivity index (χ0n) is 15.7. The van der Waals surface area contributed by atoms with Crippen molar-refractivity contribution in [2.24, 2.45) is 34.5 Å². The van der Waals surface area contributed by atoms with Gasteiger partial charge in [-0.15, -0.1) is 0 Å². The molecular formula is C22H31NO2. The summed E-state index contributed by atoms with van der Waals surface area (Å²) in [6.07, 6.45) is 11.9. The van der Waals surface area contributed by atoms with Gasteiger partial charge >= 0.3 is 0 Å². The van der Waals surface area contributed by atoms with Crippen molar-refractivity contribution in [2.75, 3.05) is 13.2 Å². The van der Waals surface area contributed by atoms with E-state index in [1.807, 2.05) is 0 Å². The molecule has 4 fully saturated rings. The Kier molecular flexibility index (Phi) is 3.48. The normalized spacial score (nSPS) is 50.5. The summed E-state index contributed by atoms with van der Waals surface area (Å²) in [5, 5.41) is 9.63. The monoisotopic (exact) mass is 341 g/mol. The fourth-order valence-electron chi connectivity index (χ4n) is 7.56. The van der Waals surface area contributed by atoms with Crippen molar-refractivity contribution in [2.45, 2.75) is 71.0 Å². The van der Waals surface area contributed by atoms with E-state index in [1.165, 1.54) is 32.1 Å². The summed E-state index contributed by atoms with van der Waals surface area (Å²) in [7, 11) is 0. The van der Waals surface area contributed by atoms with Crippen LogP contribution in [0, 0.1) is 45.8 Å². The third-order valence-corrected chi connectivity index (χ3v) is 9.08. The number of nitriles is 1. The van der Waals surface area contributed by atoms with Crippen molar-refractivity contribution in [1.82, 2.24) is 0 Å². The van der Waals surface area contributed by atoms with Crippen molar-refractivity contribution in [1.29, 1.82) is 5.26 Å². The first-order valence-electron chi connectivity index (χ1n) is 10.4. The number of fused-ring (bicyclic) bond motifs is 5. The summed E-state index contributed by atoms with van der Waals surface area (Å²) < 4.78 is 12.1. The molecule has 1 heterocycles. The van der Waals surface area contributed by atoms with E-state index in [-0.39, 0.29) is 17.1 Å². The number of nitrogens with zero attached hydrogens (tertiary/aromatic N) is 1. The summed E-state index contributed by atoms with van der Waals surface area (Å²) in [5.74, 6) is 2.31. The van der Waals surface area contributed by atoms with E-state index in [9.17, 15) is 5.26 Å². The number of allylic oxidation sites excluding steroid dienone is 1. The highest BCUT2D eigenvalue weighted by atomic mass is 16.7. The minimum atomic E-state index is -0.305. The molecule has 0 aromatic carbocycles. The average Bonchev–Trinajstić information content (AvgIpc) is 3.19. The molecule has 0 N–H and O–H groups in total. The predicted molar refractivity (Wildman–Crippen MR) is 95.4 cm³/mol. The molecule has 0 amide bonds. The minimum absolute atomic E-state index is 0.269. The molecule has 5 aliphatic rings. The van der Waals surface area contributed by atoms with Crippen LogP contribution in [0.5, 0.6) is 0 Å². The highest BCUT2D eigenvalue weighted by Gasteiger charge is 2.60. The first-order chi connectivity index (χ1) is 12.0. The van der Waals surface area contributed by atoms with E-state index < -0.39 is 0 Å². The van der Waals surface area contributed by atoms with Gasteiger partial charge in [0, 0.05) is 12.8 Å². The molecule has 0 radical (unpaired) electrons. The molecule has 6 atom stereocenters. The number of rotatable bonds is 0. The number of hydrogen-bond acceptors (Lipinski definition) is 3. The second kappa shape index (κ2) is 5.33. The van der Waals surface area contributed by atoms with Crippen LogP contribution in [0.15, 0.2) is 11.6 Å². The van der Waals surface area contributed by atoms with Gasteiger partial charge in [0.05, 0.1) is 25.2 Å². The van der Waals surface area contributed by atoms with Crippen molar-refractivity contribution in [3.63, 3.8) is 0 Å².